The van der Waals surface area contributed by atoms with E-state index in [4.69, 9.17) is 5.26 Å². The first-order chi connectivity index (χ1) is 6.24. The van der Waals surface area contributed by atoms with Crippen LogP contribution in [0.4, 0.5) is 0 Å². The van der Waals surface area contributed by atoms with E-state index in [1.807, 2.05) is 25.3 Å². The molecule has 68 valence electrons. The van der Waals surface area contributed by atoms with Gasteiger partial charge in [0.05, 0.1) is 12.6 Å². The maximum Gasteiger partial charge on any atom is 0.0843 e. The molecule has 0 radical (unpaired) electrons. The molecule has 3 nitrogen and oxygen atoms in total. The molecule has 0 atom stereocenters. The smallest absolute Gasteiger partial charge is 0.0843 e. The number of pyridine rings is 1. The van der Waals surface area contributed by atoms with Gasteiger partial charge in [0.15, 0.2) is 0 Å². The van der Waals surface area contributed by atoms with Gasteiger partial charge in [0.25, 0.3) is 0 Å². The van der Waals surface area contributed by atoms with E-state index < -0.39 is 0 Å². The first kappa shape index (κ1) is 9.69. The summed E-state index contributed by atoms with van der Waals surface area (Å²) in [5.41, 5.74) is 3.40. The van der Waals surface area contributed by atoms with E-state index in [0.717, 1.165) is 11.3 Å². The lowest BCUT2D eigenvalue weighted by Crippen LogP contribution is -2.14. The summed E-state index contributed by atoms with van der Waals surface area (Å²) < 4.78 is 0. The minimum Gasteiger partial charge on any atom is -0.300 e. The fourth-order valence-corrected chi connectivity index (χ4v) is 1.16. The Kier molecular flexibility index (Phi) is 3.41. The normalized spacial score (nSPS) is 9.62. The first-order valence-electron chi connectivity index (χ1n) is 4.24. The molecule has 0 amide bonds. The van der Waals surface area contributed by atoms with Gasteiger partial charge in [-0.3, -0.25) is 4.98 Å². The van der Waals surface area contributed by atoms with Crippen LogP contribution in [0, 0.1) is 25.2 Å². The van der Waals surface area contributed by atoms with Gasteiger partial charge in [-0.1, -0.05) is 0 Å². The Bertz CT molecular complexity index is 325. The van der Waals surface area contributed by atoms with Crippen LogP contribution >= 0.6 is 0 Å². The Morgan fingerprint density at radius 1 is 1.54 bits per heavy atom. The van der Waals surface area contributed by atoms with Crippen LogP contribution < -0.4 is 5.32 Å². The average molecular weight is 175 g/mol. The van der Waals surface area contributed by atoms with Crippen LogP contribution in [0.2, 0.25) is 0 Å². The Morgan fingerprint density at radius 2 is 2.31 bits per heavy atom. The van der Waals surface area contributed by atoms with E-state index in [1.165, 1.54) is 5.56 Å². The number of aromatic nitrogens is 1. The summed E-state index contributed by atoms with van der Waals surface area (Å²) in [5.74, 6) is 0. The van der Waals surface area contributed by atoms with Crippen LogP contribution in [0.15, 0.2) is 12.3 Å². The van der Waals surface area contributed by atoms with Crippen molar-refractivity contribution in [2.45, 2.75) is 20.4 Å². The molecule has 13 heavy (non-hydrogen) atoms. The lowest BCUT2D eigenvalue weighted by molar-refractivity contribution is 0.757. The summed E-state index contributed by atoms with van der Waals surface area (Å²) in [6.45, 7) is 5.12. The van der Waals surface area contributed by atoms with Crippen LogP contribution in [0.5, 0.6) is 0 Å². The molecule has 0 bridgehead atoms. The van der Waals surface area contributed by atoms with Crippen molar-refractivity contribution in [2.24, 2.45) is 0 Å². The highest BCUT2D eigenvalue weighted by Gasteiger charge is 1.97. The van der Waals surface area contributed by atoms with Gasteiger partial charge in [0.1, 0.15) is 0 Å². The third-order valence-electron chi connectivity index (χ3n) is 1.88. The van der Waals surface area contributed by atoms with Gasteiger partial charge in [-0.05, 0) is 31.0 Å². The molecule has 0 aliphatic carbocycles. The van der Waals surface area contributed by atoms with E-state index in [0.29, 0.717) is 13.1 Å². The second-order valence-electron chi connectivity index (χ2n) is 3.01. The molecule has 1 aromatic rings. The van der Waals surface area contributed by atoms with Crippen molar-refractivity contribution in [3.63, 3.8) is 0 Å². The van der Waals surface area contributed by atoms with E-state index in [2.05, 4.69) is 17.2 Å². The summed E-state index contributed by atoms with van der Waals surface area (Å²) >= 11 is 0. The van der Waals surface area contributed by atoms with Crippen molar-refractivity contribution in [3.05, 3.63) is 29.1 Å². The lowest BCUT2D eigenvalue weighted by atomic mass is 10.1. The van der Waals surface area contributed by atoms with Crippen LogP contribution in [-0.2, 0) is 6.54 Å². The summed E-state index contributed by atoms with van der Waals surface area (Å²) in [6, 6.07) is 4.08. The van der Waals surface area contributed by atoms with Gasteiger partial charge in [-0.15, -0.1) is 0 Å². The van der Waals surface area contributed by atoms with Crippen molar-refractivity contribution in [1.82, 2.24) is 10.3 Å². The topological polar surface area (TPSA) is 48.7 Å². The molecule has 0 aromatic carbocycles. The molecule has 0 spiro atoms. The standard InChI is InChI=1S/C10H13N3/c1-8-5-9(2)13-7-10(8)6-12-4-3-11/h5,7,12H,4,6H2,1-2H3. The summed E-state index contributed by atoms with van der Waals surface area (Å²) in [4.78, 5) is 4.20. The summed E-state index contributed by atoms with van der Waals surface area (Å²) in [6.07, 6.45) is 1.86. The number of hydrogen-bond acceptors (Lipinski definition) is 3. The molecular formula is C10H13N3. The molecule has 1 heterocycles. The molecule has 1 rings (SSSR count). The highest BCUT2D eigenvalue weighted by Crippen LogP contribution is 2.06. The van der Waals surface area contributed by atoms with Crippen molar-refractivity contribution in [2.75, 3.05) is 6.54 Å². The number of aryl methyl sites for hydroxylation is 2. The zero-order valence-electron chi connectivity index (χ0n) is 7.96. The molecular weight excluding hydrogens is 162 g/mol. The first-order valence-corrected chi connectivity index (χ1v) is 4.24. The molecule has 0 aliphatic rings. The zero-order chi connectivity index (χ0) is 9.68. The Balaban J connectivity index is 2.62. The third kappa shape index (κ3) is 2.85. The third-order valence-corrected chi connectivity index (χ3v) is 1.88. The second-order valence-corrected chi connectivity index (χ2v) is 3.01. The fraction of sp³-hybridized carbons (Fsp3) is 0.400. The minimum atomic E-state index is 0.382. The Hall–Kier alpha value is -1.40. The van der Waals surface area contributed by atoms with Gasteiger partial charge in [0, 0.05) is 18.4 Å². The Morgan fingerprint density at radius 3 is 2.92 bits per heavy atom. The predicted molar refractivity (Wildman–Crippen MR) is 51.0 cm³/mol. The zero-order valence-corrected chi connectivity index (χ0v) is 7.96. The summed E-state index contributed by atoms with van der Waals surface area (Å²) in [7, 11) is 0. The van der Waals surface area contributed by atoms with Gasteiger partial charge < -0.3 is 5.32 Å². The minimum absolute atomic E-state index is 0.382. The van der Waals surface area contributed by atoms with Crippen LogP contribution in [0.25, 0.3) is 0 Å². The number of nitriles is 1. The monoisotopic (exact) mass is 175 g/mol. The molecule has 1 aromatic heterocycles. The maximum absolute atomic E-state index is 8.33. The van der Waals surface area contributed by atoms with Crippen molar-refractivity contribution >= 4 is 0 Å². The molecule has 0 aliphatic heterocycles. The molecule has 0 saturated heterocycles. The largest absolute Gasteiger partial charge is 0.300 e. The van der Waals surface area contributed by atoms with Crippen LogP contribution in [0.3, 0.4) is 0 Å². The molecule has 0 fully saturated rings. The maximum atomic E-state index is 8.33. The quantitative estimate of drug-likeness (QED) is 0.556. The Labute approximate surface area is 78.4 Å². The van der Waals surface area contributed by atoms with Gasteiger partial charge in [0.2, 0.25) is 0 Å². The van der Waals surface area contributed by atoms with Gasteiger partial charge in [-0.25, -0.2) is 0 Å². The van der Waals surface area contributed by atoms with E-state index >= 15 is 0 Å². The van der Waals surface area contributed by atoms with Gasteiger partial charge in [-0.2, -0.15) is 5.26 Å². The summed E-state index contributed by atoms with van der Waals surface area (Å²) in [5, 5.41) is 11.3. The highest BCUT2D eigenvalue weighted by atomic mass is 14.8. The van der Waals surface area contributed by atoms with Crippen LogP contribution in [-0.4, -0.2) is 11.5 Å². The van der Waals surface area contributed by atoms with Crippen LogP contribution in [0.1, 0.15) is 16.8 Å². The number of rotatable bonds is 3. The fourth-order valence-electron chi connectivity index (χ4n) is 1.16. The average Bonchev–Trinajstić information content (AvgIpc) is 2.09. The number of nitrogens with zero attached hydrogens (tertiary/aromatic N) is 2. The molecule has 1 N–H and O–H groups in total. The second kappa shape index (κ2) is 4.58. The van der Waals surface area contributed by atoms with Crippen molar-refractivity contribution in [3.8, 4) is 6.07 Å². The SMILES string of the molecule is Cc1cc(C)c(CNCC#N)cn1. The molecule has 0 unspecified atom stereocenters. The predicted octanol–water partition coefficient (Wildman–Crippen LogP) is 1.31. The number of hydrogen-bond donors (Lipinski definition) is 1. The van der Waals surface area contributed by atoms with E-state index in [1.54, 1.807) is 0 Å². The van der Waals surface area contributed by atoms with Crippen molar-refractivity contribution in [1.29, 1.82) is 5.26 Å². The number of nitrogens with one attached hydrogen (secondary N) is 1. The van der Waals surface area contributed by atoms with Crippen molar-refractivity contribution < 1.29 is 0 Å². The van der Waals surface area contributed by atoms with Gasteiger partial charge >= 0.3 is 0 Å². The van der Waals surface area contributed by atoms with E-state index in [9.17, 15) is 0 Å². The lowest BCUT2D eigenvalue weighted by Gasteiger charge is -2.05. The van der Waals surface area contributed by atoms with E-state index in [-0.39, 0.29) is 0 Å². The molecule has 3 heteroatoms. The highest BCUT2D eigenvalue weighted by molar-refractivity contribution is 5.24. The molecule has 0 saturated carbocycles.